The minimum Gasteiger partial charge on any atom is -0.353 e. The molecule has 162 valence electrons. The molecule has 0 saturated heterocycles. The zero-order valence-electron chi connectivity index (χ0n) is 17.2. The Labute approximate surface area is 195 Å². The molecule has 0 spiro atoms. The van der Waals surface area contributed by atoms with Gasteiger partial charge in [-0.1, -0.05) is 23.6 Å². The molecule has 0 saturated carbocycles. The summed E-state index contributed by atoms with van der Waals surface area (Å²) < 4.78 is 25.6. The summed E-state index contributed by atoms with van der Waals surface area (Å²) in [6, 6.07) is 14.3. The second kappa shape index (κ2) is 8.75. The van der Waals surface area contributed by atoms with Crippen LogP contribution in [0, 0.1) is 23.7 Å². The highest BCUT2D eigenvalue weighted by Gasteiger charge is 2.14. The van der Waals surface area contributed by atoms with Crippen molar-refractivity contribution in [3.8, 4) is 29.7 Å². The Morgan fingerprint density at radius 2 is 1.94 bits per heavy atom. The molecule has 0 atom stereocenters. The van der Waals surface area contributed by atoms with E-state index in [0.29, 0.717) is 44.8 Å². The number of terminal acetylenes is 1. The van der Waals surface area contributed by atoms with Gasteiger partial charge in [0.05, 0.1) is 34.4 Å². The number of rotatable bonds is 5. The fourth-order valence-electron chi connectivity index (χ4n) is 3.13. The average molecular weight is 475 g/mol. The van der Waals surface area contributed by atoms with Gasteiger partial charge >= 0.3 is 0 Å². The predicted molar refractivity (Wildman–Crippen MR) is 129 cm³/mol. The molecule has 0 bridgehead atoms. The van der Waals surface area contributed by atoms with Crippen molar-refractivity contribution < 1.29 is 8.42 Å². The summed E-state index contributed by atoms with van der Waals surface area (Å²) in [5, 5.41) is 12.9. The second-order valence-electron chi connectivity index (χ2n) is 7.01. The normalized spacial score (nSPS) is 10.9. The van der Waals surface area contributed by atoms with E-state index in [1.165, 1.54) is 18.5 Å². The predicted octanol–water partition coefficient (Wildman–Crippen LogP) is 4.31. The molecule has 0 radical (unpaired) electrons. The Morgan fingerprint density at radius 3 is 2.67 bits per heavy atom. The lowest BCUT2D eigenvalue weighted by Gasteiger charge is -2.13. The Bertz CT molecular complexity index is 1590. The van der Waals surface area contributed by atoms with Gasteiger partial charge in [0.1, 0.15) is 11.6 Å². The molecule has 0 aliphatic heterocycles. The van der Waals surface area contributed by atoms with Crippen LogP contribution >= 0.6 is 11.6 Å². The van der Waals surface area contributed by atoms with Gasteiger partial charge in [0.2, 0.25) is 10.0 Å². The van der Waals surface area contributed by atoms with E-state index in [4.69, 9.17) is 18.0 Å². The SMILES string of the molecule is C#Cc1cccc(Nc2c(C#N)cnc3ccc(-c4cnc(Cl)c(NS(C)(=O)=O)c4)nc23)c1. The zero-order valence-corrected chi connectivity index (χ0v) is 18.7. The van der Waals surface area contributed by atoms with E-state index in [1.807, 2.05) is 12.1 Å². The minimum absolute atomic E-state index is 0.00847. The molecular weight excluding hydrogens is 460 g/mol. The molecule has 1 aromatic carbocycles. The van der Waals surface area contributed by atoms with Gasteiger partial charge in [0.25, 0.3) is 0 Å². The summed E-state index contributed by atoms with van der Waals surface area (Å²) in [4.78, 5) is 13.1. The summed E-state index contributed by atoms with van der Waals surface area (Å²) in [5.41, 5.74) is 4.29. The van der Waals surface area contributed by atoms with E-state index in [-0.39, 0.29) is 10.8 Å². The number of hydrogen-bond acceptors (Lipinski definition) is 7. The Hall–Kier alpha value is -4.18. The van der Waals surface area contributed by atoms with Crippen molar-refractivity contribution in [2.24, 2.45) is 0 Å². The van der Waals surface area contributed by atoms with Crippen LogP contribution in [-0.2, 0) is 10.0 Å². The van der Waals surface area contributed by atoms with Crippen LogP contribution in [0.4, 0.5) is 17.1 Å². The van der Waals surface area contributed by atoms with Crippen molar-refractivity contribution in [1.82, 2.24) is 15.0 Å². The quantitative estimate of drug-likeness (QED) is 0.326. The molecule has 3 aromatic heterocycles. The maximum atomic E-state index is 11.6. The number of aromatic nitrogens is 3. The fourth-order valence-corrected chi connectivity index (χ4v) is 3.89. The lowest BCUT2D eigenvalue weighted by atomic mass is 10.1. The van der Waals surface area contributed by atoms with Gasteiger partial charge in [-0.3, -0.25) is 9.71 Å². The molecule has 0 aliphatic carbocycles. The molecule has 0 unspecified atom stereocenters. The Kier molecular flexibility index (Phi) is 5.84. The summed E-state index contributed by atoms with van der Waals surface area (Å²) in [7, 11) is -3.55. The standard InChI is InChI=1S/C23H15ClN6O2S/c1-3-14-5-4-6-17(9-14)28-21-16(11-25)13-26-19-8-7-18(29-22(19)21)15-10-20(23(24)27-12-15)30-33(2,31)32/h1,4-10,12-13,30H,2H3,(H,26,28). The average Bonchev–Trinajstić information content (AvgIpc) is 2.79. The van der Waals surface area contributed by atoms with Crippen LogP contribution in [0.25, 0.3) is 22.3 Å². The highest BCUT2D eigenvalue weighted by atomic mass is 35.5. The van der Waals surface area contributed by atoms with Crippen molar-refractivity contribution in [2.75, 3.05) is 16.3 Å². The number of pyridine rings is 3. The van der Waals surface area contributed by atoms with Gasteiger partial charge in [-0.2, -0.15) is 5.26 Å². The molecule has 0 fully saturated rings. The van der Waals surface area contributed by atoms with Crippen LogP contribution in [0.5, 0.6) is 0 Å². The maximum Gasteiger partial charge on any atom is 0.229 e. The van der Waals surface area contributed by atoms with E-state index in [0.717, 1.165) is 6.26 Å². The first-order valence-corrected chi connectivity index (χ1v) is 11.7. The highest BCUT2D eigenvalue weighted by molar-refractivity contribution is 7.92. The van der Waals surface area contributed by atoms with Crippen LogP contribution in [0.1, 0.15) is 11.1 Å². The van der Waals surface area contributed by atoms with Crippen LogP contribution in [0.15, 0.2) is 54.9 Å². The molecule has 33 heavy (non-hydrogen) atoms. The smallest absolute Gasteiger partial charge is 0.229 e. The third kappa shape index (κ3) is 4.85. The number of nitriles is 1. The Morgan fingerprint density at radius 1 is 1.12 bits per heavy atom. The topological polar surface area (TPSA) is 121 Å². The summed E-state index contributed by atoms with van der Waals surface area (Å²) in [5.74, 6) is 2.58. The van der Waals surface area contributed by atoms with Crippen LogP contribution in [-0.4, -0.2) is 29.6 Å². The summed E-state index contributed by atoms with van der Waals surface area (Å²) >= 11 is 6.04. The molecule has 2 N–H and O–H groups in total. The van der Waals surface area contributed by atoms with E-state index in [2.05, 4.69) is 37.0 Å². The number of sulfonamides is 1. The van der Waals surface area contributed by atoms with Gasteiger partial charge in [0.15, 0.2) is 5.15 Å². The number of anilines is 3. The monoisotopic (exact) mass is 474 g/mol. The Balaban J connectivity index is 1.85. The largest absolute Gasteiger partial charge is 0.353 e. The van der Waals surface area contributed by atoms with Gasteiger partial charge in [-0.25, -0.2) is 18.4 Å². The molecule has 4 rings (SSSR count). The van der Waals surface area contributed by atoms with Gasteiger partial charge in [-0.15, -0.1) is 6.42 Å². The van der Waals surface area contributed by atoms with E-state index >= 15 is 0 Å². The van der Waals surface area contributed by atoms with Crippen LogP contribution in [0.2, 0.25) is 5.15 Å². The summed E-state index contributed by atoms with van der Waals surface area (Å²) in [6.07, 6.45) is 9.46. The van der Waals surface area contributed by atoms with E-state index < -0.39 is 10.0 Å². The first kappa shape index (κ1) is 22.0. The third-order valence-corrected chi connectivity index (χ3v) is 5.45. The maximum absolute atomic E-state index is 11.6. The molecular formula is C23H15ClN6O2S. The number of nitrogens with zero attached hydrogens (tertiary/aromatic N) is 4. The molecule has 4 aromatic rings. The molecule has 3 heterocycles. The molecule has 0 amide bonds. The van der Waals surface area contributed by atoms with Gasteiger partial charge in [-0.05, 0) is 36.4 Å². The lowest BCUT2D eigenvalue weighted by Crippen LogP contribution is -2.10. The minimum atomic E-state index is -3.55. The van der Waals surface area contributed by atoms with Crippen molar-refractivity contribution in [2.45, 2.75) is 0 Å². The van der Waals surface area contributed by atoms with Crippen molar-refractivity contribution in [3.63, 3.8) is 0 Å². The molecule has 0 aliphatic rings. The van der Waals surface area contributed by atoms with E-state index in [9.17, 15) is 13.7 Å². The fraction of sp³-hybridized carbons (Fsp3) is 0.0435. The first-order valence-electron chi connectivity index (χ1n) is 9.44. The van der Waals surface area contributed by atoms with Crippen LogP contribution < -0.4 is 10.0 Å². The van der Waals surface area contributed by atoms with E-state index in [1.54, 1.807) is 24.3 Å². The number of benzene rings is 1. The van der Waals surface area contributed by atoms with Crippen LogP contribution in [0.3, 0.4) is 0 Å². The van der Waals surface area contributed by atoms with Crippen molar-refractivity contribution in [1.29, 1.82) is 5.26 Å². The third-order valence-electron chi connectivity index (χ3n) is 4.56. The number of nitrogens with one attached hydrogen (secondary N) is 2. The number of halogens is 1. The molecule has 8 nitrogen and oxygen atoms in total. The van der Waals surface area contributed by atoms with Gasteiger partial charge < -0.3 is 5.32 Å². The van der Waals surface area contributed by atoms with Crippen molar-refractivity contribution >= 4 is 49.7 Å². The second-order valence-corrected chi connectivity index (χ2v) is 9.12. The number of fused-ring (bicyclic) bond motifs is 1. The van der Waals surface area contributed by atoms with Gasteiger partial charge in [0, 0.05) is 29.2 Å². The zero-order chi connectivity index (χ0) is 23.6. The highest BCUT2D eigenvalue weighted by Crippen LogP contribution is 2.31. The number of hydrogen-bond donors (Lipinski definition) is 2. The molecule has 10 heteroatoms. The summed E-state index contributed by atoms with van der Waals surface area (Å²) in [6.45, 7) is 0. The lowest BCUT2D eigenvalue weighted by molar-refractivity contribution is 0.607. The van der Waals surface area contributed by atoms with Crippen molar-refractivity contribution in [3.05, 3.63) is 71.1 Å². The first-order chi connectivity index (χ1) is 15.8.